The first kappa shape index (κ1) is 26.3. The molecule has 3 rings (SSSR count). The third kappa shape index (κ3) is 9.09. The van der Waals surface area contributed by atoms with Gasteiger partial charge in [-0.25, -0.2) is 4.98 Å². The lowest BCUT2D eigenvalue weighted by molar-refractivity contribution is -0.116. The van der Waals surface area contributed by atoms with Crippen molar-refractivity contribution in [3.63, 3.8) is 0 Å². The molecule has 0 radical (unpaired) electrons. The maximum absolute atomic E-state index is 12.4. The van der Waals surface area contributed by atoms with E-state index in [1.807, 2.05) is 30.3 Å². The standard InChI is InChI=1S/C27H33ClN4O3/c1-2-3-4-5-6-7-11-14-25(33)31-21-15-16-22(28)23(17-21)32-26(34)19-30-27-29-18-24(35-27)20-12-9-8-10-13-20/h8-10,12-13,15-18H,2-7,11,14,19H2,1H3,(H,29,30)(H,31,33)(H,32,34). The molecule has 3 aromatic rings. The number of rotatable bonds is 14. The van der Waals surface area contributed by atoms with Crippen LogP contribution >= 0.6 is 11.6 Å². The number of hydrogen-bond donors (Lipinski definition) is 3. The molecule has 0 aliphatic rings. The lowest BCUT2D eigenvalue weighted by atomic mass is 10.1. The summed E-state index contributed by atoms with van der Waals surface area (Å²) in [4.78, 5) is 28.9. The first-order chi connectivity index (χ1) is 17.0. The molecule has 0 unspecified atom stereocenters. The van der Waals surface area contributed by atoms with Crippen molar-refractivity contribution in [2.75, 3.05) is 22.5 Å². The van der Waals surface area contributed by atoms with Crippen LogP contribution in [0.25, 0.3) is 11.3 Å². The van der Waals surface area contributed by atoms with E-state index in [9.17, 15) is 9.59 Å². The van der Waals surface area contributed by atoms with Gasteiger partial charge in [-0.15, -0.1) is 0 Å². The molecule has 2 amide bonds. The highest BCUT2D eigenvalue weighted by Crippen LogP contribution is 2.26. The highest BCUT2D eigenvalue weighted by atomic mass is 35.5. The number of carbonyl (C=O) groups is 2. The lowest BCUT2D eigenvalue weighted by Crippen LogP contribution is -2.22. The van der Waals surface area contributed by atoms with Crippen molar-refractivity contribution >= 4 is 40.8 Å². The number of amides is 2. The maximum atomic E-state index is 12.4. The second kappa shape index (κ2) is 14.2. The molecule has 8 heteroatoms. The SMILES string of the molecule is CCCCCCCCCC(=O)Nc1ccc(Cl)c(NC(=O)CNc2ncc(-c3ccccc3)o2)c1. The quantitative estimate of drug-likeness (QED) is 0.206. The van der Waals surface area contributed by atoms with Crippen LogP contribution in [-0.2, 0) is 9.59 Å². The predicted molar refractivity (Wildman–Crippen MR) is 142 cm³/mol. The number of hydrogen-bond acceptors (Lipinski definition) is 5. The van der Waals surface area contributed by atoms with Crippen LogP contribution in [0.2, 0.25) is 5.02 Å². The van der Waals surface area contributed by atoms with Gasteiger partial charge in [0, 0.05) is 17.7 Å². The topological polar surface area (TPSA) is 96.3 Å². The molecule has 0 saturated heterocycles. The predicted octanol–water partition coefficient (Wildman–Crippen LogP) is 7.12. The van der Waals surface area contributed by atoms with Crippen LogP contribution in [0.5, 0.6) is 0 Å². The van der Waals surface area contributed by atoms with Gasteiger partial charge in [-0.2, -0.15) is 0 Å². The van der Waals surface area contributed by atoms with Crippen LogP contribution in [0.1, 0.15) is 58.3 Å². The number of aromatic nitrogens is 1. The third-order valence-electron chi connectivity index (χ3n) is 5.50. The van der Waals surface area contributed by atoms with Gasteiger partial charge in [-0.3, -0.25) is 9.59 Å². The monoisotopic (exact) mass is 496 g/mol. The van der Waals surface area contributed by atoms with Gasteiger partial charge in [-0.1, -0.05) is 87.4 Å². The van der Waals surface area contributed by atoms with E-state index in [-0.39, 0.29) is 24.4 Å². The first-order valence-corrected chi connectivity index (χ1v) is 12.6. The average Bonchev–Trinajstić information content (AvgIpc) is 3.34. The Morgan fingerprint density at radius 2 is 1.66 bits per heavy atom. The number of nitrogens with zero attached hydrogens (tertiary/aromatic N) is 1. The molecule has 0 fully saturated rings. The van der Waals surface area contributed by atoms with E-state index in [0.29, 0.717) is 28.6 Å². The average molecular weight is 497 g/mol. The first-order valence-electron chi connectivity index (χ1n) is 12.2. The Morgan fingerprint density at radius 3 is 2.43 bits per heavy atom. The van der Waals surface area contributed by atoms with E-state index in [1.54, 1.807) is 24.4 Å². The van der Waals surface area contributed by atoms with Gasteiger partial charge in [0.2, 0.25) is 11.8 Å². The lowest BCUT2D eigenvalue weighted by Gasteiger charge is -2.11. The second-order valence-electron chi connectivity index (χ2n) is 8.41. The maximum Gasteiger partial charge on any atom is 0.295 e. The Morgan fingerprint density at radius 1 is 0.914 bits per heavy atom. The smallest absolute Gasteiger partial charge is 0.295 e. The summed E-state index contributed by atoms with van der Waals surface area (Å²) in [5, 5.41) is 8.88. The molecule has 3 N–H and O–H groups in total. The molecule has 1 aromatic heterocycles. The molecule has 35 heavy (non-hydrogen) atoms. The molecule has 0 aliphatic heterocycles. The summed E-state index contributed by atoms with van der Waals surface area (Å²) in [7, 11) is 0. The van der Waals surface area contributed by atoms with Gasteiger partial charge in [0.25, 0.3) is 6.01 Å². The molecule has 0 atom stereocenters. The van der Waals surface area contributed by atoms with Crippen LogP contribution in [0, 0.1) is 0 Å². The van der Waals surface area contributed by atoms with Gasteiger partial charge in [-0.05, 0) is 24.6 Å². The van der Waals surface area contributed by atoms with Crippen LogP contribution in [0.15, 0.2) is 59.1 Å². The molecule has 1 heterocycles. The van der Waals surface area contributed by atoms with Crippen molar-refractivity contribution in [1.29, 1.82) is 0 Å². The molecule has 7 nitrogen and oxygen atoms in total. The van der Waals surface area contributed by atoms with Gasteiger partial charge in [0.15, 0.2) is 5.76 Å². The number of carbonyl (C=O) groups excluding carboxylic acids is 2. The summed E-state index contributed by atoms with van der Waals surface area (Å²) in [6.45, 7) is 2.15. The zero-order valence-corrected chi connectivity index (χ0v) is 20.9. The second-order valence-corrected chi connectivity index (χ2v) is 8.82. The van der Waals surface area contributed by atoms with E-state index in [2.05, 4.69) is 27.9 Å². The molecule has 0 spiro atoms. The molecular weight excluding hydrogens is 464 g/mol. The summed E-state index contributed by atoms with van der Waals surface area (Å²) in [5.41, 5.74) is 1.91. The Balaban J connectivity index is 1.43. The van der Waals surface area contributed by atoms with Crippen molar-refractivity contribution in [2.45, 2.75) is 58.3 Å². The molecular formula is C27H33ClN4O3. The fourth-order valence-electron chi connectivity index (χ4n) is 3.61. The molecule has 0 bridgehead atoms. The minimum Gasteiger partial charge on any atom is -0.424 e. The Hall–Kier alpha value is -3.32. The number of anilines is 3. The fourth-order valence-corrected chi connectivity index (χ4v) is 3.77. The summed E-state index contributed by atoms with van der Waals surface area (Å²) >= 11 is 6.24. The van der Waals surface area contributed by atoms with E-state index in [1.165, 1.54) is 32.1 Å². The summed E-state index contributed by atoms with van der Waals surface area (Å²) in [6.07, 6.45) is 10.2. The largest absolute Gasteiger partial charge is 0.424 e. The number of unbranched alkanes of at least 4 members (excludes halogenated alkanes) is 6. The summed E-state index contributed by atoms with van der Waals surface area (Å²) in [5.74, 6) is 0.243. The van der Waals surface area contributed by atoms with Crippen LogP contribution in [0.4, 0.5) is 17.4 Å². The fraction of sp³-hybridized carbons (Fsp3) is 0.370. The van der Waals surface area contributed by atoms with E-state index >= 15 is 0 Å². The van der Waals surface area contributed by atoms with Gasteiger partial charge < -0.3 is 20.4 Å². The third-order valence-corrected chi connectivity index (χ3v) is 5.83. The molecule has 186 valence electrons. The van der Waals surface area contributed by atoms with Crippen LogP contribution in [-0.4, -0.2) is 23.3 Å². The van der Waals surface area contributed by atoms with Gasteiger partial charge >= 0.3 is 0 Å². The Labute approximate surface area is 211 Å². The zero-order valence-electron chi connectivity index (χ0n) is 20.1. The highest BCUT2D eigenvalue weighted by Gasteiger charge is 2.11. The molecule has 0 saturated carbocycles. The molecule has 0 aliphatic carbocycles. The minimum absolute atomic E-state index is 0.0436. The van der Waals surface area contributed by atoms with E-state index in [4.69, 9.17) is 16.0 Å². The Kier molecular flexibility index (Phi) is 10.6. The van der Waals surface area contributed by atoms with Gasteiger partial charge in [0.1, 0.15) is 0 Å². The number of oxazole rings is 1. The zero-order chi connectivity index (χ0) is 24.9. The molecule has 2 aromatic carbocycles. The van der Waals surface area contributed by atoms with Gasteiger partial charge in [0.05, 0.1) is 23.5 Å². The van der Waals surface area contributed by atoms with E-state index < -0.39 is 0 Å². The van der Waals surface area contributed by atoms with Crippen molar-refractivity contribution < 1.29 is 14.0 Å². The van der Waals surface area contributed by atoms with Crippen LogP contribution < -0.4 is 16.0 Å². The Bertz CT molecular complexity index is 1090. The summed E-state index contributed by atoms with van der Waals surface area (Å²) < 4.78 is 5.65. The number of halogens is 1. The van der Waals surface area contributed by atoms with Crippen molar-refractivity contribution in [1.82, 2.24) is 4.98 Å². The van der Waals surface area contributed by atoms with E-state index in [0.717, 1.165) is 18.4 Å². The number of nitrogens with one attached hydrogen (secondary N) is 3. The van der Waals surface area contributed by atoms with Crippen molar-refractivity contribution in [2.24, 2.45) is 0 Å². The highest BCUT2D eigenvalue weighted by molar-refractivity contribution is 6.33. The van der Waals surface area contributed by atoms with Crippen molar-refractivity contribution in [3.8, 4) is 11.3 Å². The van der Waals surface area contributed by atoms with Crippen molar-refractivity contribution in [3.05, 3.63) is 59.8 Å². The normalized spacial score (nSPS) is 10.7. The minimum atomic E-state index is -0.321. The summed E-state index contributed by atoms with van der Waals surface area (Å²) in [6, 6.07) is 14.8. The number of benzene rings is 2. The van der Waals surface area contributed by atoms with Crippen LogP contribution in [0.3, 0.4) is 0 Å².